The minimum absolute atomic E-state index is 0.127. The Labute approximate surface area is 136 Å². The van der Waals surface area contributed by atoms with Crippen LogP contribution < -0.4 is 0 Å². The molecular formula is C18H32O3Si. The maximum atomic E-state index is 12.4. The van der Waals surface area contributed by atoms with Crippen molar-refractivity contribution < 1.29 is 14.0 Å². The molecule has 1 saturated carbocycles. The molecule has 0 N–H and O–H groups in total. The number of hydrogen-bond acceptors (Lipinski definition) is 3. The summed E-state index contributed by atoms with van der Waals surface area (Å²) in [7, 11) is -0.473. The zero-order chi connectivity index (χ0) is 16.8. The van der Waals surface area contributed by atoms with Gasteiger partial charge in [-0.2, -0.15) is 0 Å². The van der Waals surface area contributed by atoms with Crippen molar-refractivity contribution in [3.8, 4) is 0 Å². The Morgan fingerprint density at radius 2 is 1.91 bits per heavy atom. The van der Waals surface area contributed by atoms with Crippen molar-refractivity contribution in [2.45, 2.75) is 83.5 Å². The second kappa shape index (κ2) is 5.48. The van der Waals surface area contributed by atoms with Crippen molar-refractivity contribution in [1.82, 2.24) is 0 Å². The van der Waals surface area contributed by atoms with Crippen LogP contribution >= 0.6 is 0 Å². The van der Waals surface area contributed by atoms with E-state index in [2.05, 4.69) is 39.9 Å². The standard InChI is InChI=1S/C18H32O3Si/c1-16(2,3)22(6,7)21-18(14-11-9-8-10-12-14)13-17(18,4)15(19)20-5/h11H,8-10,12-13H2,1-7H3. The van der Waals surface area contributed by atoms with Crippen molar-refractivity contribution in [3.63, 3.8) is 0 Å². The topological polar surface area (TPSA) is 35.5 Å². The van der Waals surface area contributed by atoms with Crippen LogP contribution in [0.15, 0.2) is 11.6 Å². The molecular weight excluding hydrogens is 292 g/mol. The van der Waals surface area contributed by atoms with Crippen molar-refractivity contribution in [2.75, 3.05) is 7.11 Å². The molecule has 0 spiro atoms. The fraction of sp³-hybridized carbons (Fsp3) is 0.833. The summed E-state index contributed by atoms with van der Waals surface area (Å²) in [6.45, 7) is 13.3. The van der Waals surface area contributed by atoms with Crippen LogP contribution in [0.25, 0.3) is 0 Å². The van der Waals surface area contributed by atoms with Gasteiger partial charge in [-0.15, -0.1) is 0 Å². The van der Waals surface area contributed by atoms with E-state index in [-0.39, 0.29) is 11.0 Å². The van der Waals surface area contributed by atoms with Gasteiger partial charge in [0.1, 0.15) is 0 Å². The molecule has 0 aromatic carbocycles. The molecule has 0 radical (unpaired) electrons. The summed E-state index contributed by atoms with van der Waals surface area (Å²) in [5, 5.41) is 0.134. The van der Waals surface area contributed by atoms with Gasteiger partial charge in [0, 0.05) is 0 Å². The maximum Gasteiger partial charge on any atom is 0.314 e. The first kappa shape index (κ1) is 17.7. The summed E-state index contributed by atoms with van der Waals surface area (Å²) in [5.74, 6) is -0.127. The Morgan fingerprint density at radius 1 is 1.27 bits per heavy atom. The van der Waals surface area contributed by atoms with Crippen LogP contribution in [0.2, 0.25) is 18.1 Å². The number of methoxy groups -OCH3 is 1. The third-order valence-electron chi connectivity index (χ3n) is 6.05. The third kappa shape index (κ3) is 2.69. The lowest BCUT2D eigenvalue weighted by Crippen LogP contribution is -2.48. The van der Waals surface area contributed by atoms with E-state index in [0.29, 0.717) is 0 Å². The summed E-state index contributed by atoms with van der Waals surface area (Å²) in [6, 6.07) is 0. The van der Waals surface area contributed by atoms with E-state index in [1.165, 1.54) is 25.5 Å². The monoisotopic (exact) mass is 324 g/mol. The highest BCUT2D eigenvalue weighted by atomic mass is 28.4. The zero-order valence-electron chi connectivity index (χ0n) is 15.3. The minimum Gasteiger partial charge on any atom is -0.469 e. The fourth-order valence-electron chi connectivity index (χ4n) is 3.39. The molecule has 2 unspecified atom stereocenters. The quantitative estimate of drug-likeness (QED) is 0.422. The number of esters is 1. The van der Waals surface area contributed by atoms with Crippen LogP contribution in [0.3, 0.4) is 0 Å². The molecule has 0 saturated heterocycles. The molecule has 2 aliphatic rings. The maximum absolute atomic E-state index is 12.4. The normalized spacial score (nSPS) is 32.4. The summed E-state index contributed by atoms with van der Waals surface area (Å²) >= 11 is 0. The van der Waals surface area contributed by atoms with E-state index in [4.69, 9.17) is 9.16 Å². The molecule has 0 bridgehead atoms. The summed E-state index contributed by atoms with van der Waals surface area (Å²) < 4.78 is 11.9. The van der Waals surface area contributed by atoms with E-state index < -0.39 is 19.3 Å². The predicted octanol–water partition coefficient (Wildman–Crippen LogP) is 4.83. The van der Waals surface area contributed by atoms with Gasteiger partial charge < -0.3 is 9.16 Å². The van der Waals surface area contributed by atoms with Gasteiger partial charge in [0.05, 0.1) is 18.1 Å². The highest BCUT2D eigenvalue weighted by molar-refractivity contribution is 6.74. The van der Waals surface area contributed by atoms with Gasteiger partial charge in [-0.1, -0.05) is 26.8 Å². The van der Waals surface area contributed by atoms with E-state index in [1.807, 2.05) is 6.92 Å². The third-order valence-corrected chi connectivity index (χ3v) is 10.5. The van der Waals surface area contributed by atoms with Gasteiger partial charge in [0.2, 0.25) is 0 Å². The zero-order valence-corrected chi connectivity index (χ0v) is 16.3. The van der Waals surface area contributed by atoms with Gasteiger partial charge >= 0.3 is 5.97 Å². The average molecular weight is 325 g/mol. The second-order valence-corrected chi connectivity index (χ2v) is 13.4. The highest BCUT2D eigenvalue weighted by Gasteiger charge is 2.74. The van der Waals surface area contributed by atoms with Crippen LogP contribution in [0, 0.1) is 5.41 Å². The first-order valence-electron chi connectivity index (χ1n) is 8.48. The SMILES string of the molecule is COC(=O)C1(C)CC1(O[Si](C)(C)C(C)(C)C)C1=CCCCC1. The van der Waals surface area contributed by atoms with Gasteiger partial charge in [0.25, 0.3) is 0 Å². The van der Waals surface area contributed by atoms with E-state index in [0.717, 1.165) is 19.3 Å². The molecule has 0 aromatic heterocycles. The molecule has 0 aliphatic heterocycles. The van der Waals surface area contributed by atoms with Gasteiger partial charge in [-0.25, -0.2) is 0 Å². The molecule has 2 rings (SSSR count). The number of allylic oxidation sites excluding steroid dienone is 1. The van der Waals surface area contributed by atoms with Crippen LogP contribution in [0.1, 0.15) is 59.8 Å². The predicted molar refractivity (Wildman–Crippen MR) is 92.3 cm³/mol. The molecule has 3 nitrogen and oxygen atoms in total. The van der Waals surface area contributed by atoms with Crippen LogP contribution in [0.5, 0.6) is 0 Å². The molecule has 2 atom stereocenters. The lowest BCUT2D eigenvalue weighted by molar-refractivity contribution is -0.148. The summed E-state index contributed by atoms with van der Waals surface area (Å²) in [6.07, 6.45) is 7.70. The second-order valence-electron chi connectivity index (χ2n) is 8.66. The van der Waals surface area contributed by atoms with Crippen LogP contribution in [-0.4, -0.2) is 27.0 Å². The fourth-order valence-corrected chi connectivity index (χ4v) is 5.00. The lowest BCUT2D eigenvalue weighted by Gasteiger charge is -2.42. The Morgan fingerprint density at radius 3 is 2.36 bits per heavy atom. The van der Waals surface area contributed by atoms with E-state index in [9.17, 15) is 4.79 Å². The number of rotatable bonds is 4. The van der Waals surface area contributed by atoms with Crippen LogP contribution in [-0.2, 0) is 14.0 Å². The van der Waals surface area contributed by atoms with Gasteiger partial charge in [-0.3, -0.25) is 4.79 Å². The molecule has 0 heterocycles. The number of carbonyl (C=O) groups excluding carboxylic acids is 1. The molecule has 0 amide bonds. The lowest BCUT2D eigenvalue weighted by atomic mass is 9.89. The smallest absolute Gasteiger partial charge is 0.314 e. The largest absolute Gasteiger partial charge is 0.469 e. The first-order chi connectivity index (χ1) is 10.0. The minimum atomic E-state index is -1.96. The average Bonchev–Trinajstić information content (AvgIpc) is 3.04. The number of ether oxygens (including phenoxy) is 1. The summed E-state index contributed by atoms with van der Waals surface area (Å²) in [4.78, 5) is 12.4. The Bertz CT molecular complexity index is 489. The summed E-state index contributed by atoms with van der Waals surface area (Å²) in [5.41, 5.74) is 0.417. The highest BCUT2D eigenvalue weighted by Crippen LogP contribution is 2.66. The number of carbonyl (C=O) groups is 1. The van der Waals surface area contributed by atoms with Gasteiger partial charge in [-0.05, 0) is 62.7 Å². The molecule has 0 aromatic rings. The molecule has 126 valence electrons. The van der Waals surface area contributed by atoms with Crippen molar-refractivity contribution in [2.24, 2.45) is 5.41 Å². The Hall–Kier alpha value is -0.613. The molecule has 2 aliphatic carbocycles. The molecule has 1 fully saturated rings. The first-order valence-corrected chi connectivity index (χ1v) is 11.4. The molecule has 4 heteroatoms. The number of hydrogen-bond donors (Lipinski definition) is 0. The van der Waals surface area contributed by atoms with Crippen molar-refractivity contribution in [3.05, 3.63) is 11.6 Å². The Balaban J connectivity index is 2.38. The van der Waals surface area contributed by atoms with E-state index >= 15 is 0 Å². The van der Waals surface area contributed by atoms with Gasteiger partial charge in [0.15, 0.2) is 8.32 Å². The van der Waals surface area contributed by atoms with E-state index in [1.54, 1.807) is 0 Å². The van der Waals surface area contributed by atoms with Crippen LogP contribution in [0.4, 0.5) is 0 Å². The molecule has 22 heavy (non-hydrogen) atoms. The Kier molecular flexibility index (Phi) is 4.42. The van der Waals surface area contributed by atoms with Crippen molar-refractivity contribution >= 4 is 14.3 Å². The van der Waals surface area contributed by atoms with Crippen molar-refractivity contribution in [1.29, 1.82) is 0 Å².